The summed E-state index contributed by atoms with van der Waals surface area (Å²) in [7, 11) is -1.61. The van der Waals surface area contributed by atoms with Crippen molar-refractivity contribution in [2.75, 3.05) is 24.7 Å². The molecule has 2 heterocycles. The summed E-state index contributed by atoms with van der Waals surface area (Å²) in [6.07, 6.45) is 0.0742. The predicted molar refractivity (Wildman–Crippen MR) is 112 cm³/mol. The molecule has 0 unspecified atom stereocenters. The van der Waals surface area contributed by atoms with Crippen LogP contribution in [-0.4, -0.2) is 66.9 Å². The number of likely N-dealkylation sites (tertiary alicyclic amines) is 1. The second kappa shape index (κ2) is 7.95. The van der Waals surface area contributed by atoms with Crippen LogP contribution in [0, 0.1) is 11.3 Å². The lowest BCUT2D eigenvalue weighted by atomic mass is 9.79. The monoisotopic (exact) mass is 416 g/mol. The maximum atomic E-state index is 13.6. The van der Waals surface area contributed by atoms with Gasteiger partial charge in [-0.1, -0.05) is 20.8 Å². The highest BCUT2D eigenvalue weighted by Gasteiger charge is 2.59. The van der Waals surface area contributed by atoms with Crippen LogP contribution in [0.5, 0.6) is 0 Å². The molecular weight excluding hydrogens is 380 g/mol. The Morgan fingerprint density at radius 1 is 1.15 bits per heavy atom. The fraction of sp³-hybridized carbons (Fsp3) is 0.895. The Morgan fingerprint density at radius 2 is 1.78 bits per heavy atom. The summed E-state index contributed by atoms with van der Waals surface area (Å²) in [6.45, 7) is 17.3. The second-order valence-corrected chi connectivity index (χ2v) is 13.3. The molecule has 2 aliphatic rings. The molecule has 0 radical (unpaired) electrons. The van der Waals surface area contributed by atoms with E-state index in [9.17, 15) is 9.59 Å². The highest BCUT2D eigenvalue weighted by molar-refractivity contribution is 7.99. The van der Waals surface area contributed by atoms with Gasteiger partial charge in [-0.25, -0.2) is 4.79 Å². The summed E-state index contributed by atoms with van der Waals surface area (Å²) < 4.78 is 12.1. The topological polar surface area (TPSA) is 59.1 Å². The van der Waals surface area contributed by atoms with Crippen molar-refractivity contribution in [3.8, 4) is 0 Å². The lowest BCUT2D eigenvalue weighted by Crippen LogP contribution is -2.61. The molecule has 0 saturated carbocycles. The molecule has 0 N–H and O–H groups in total. The Labute approximate surface area is 170 Å². The first-order chi connectivity index (χ1) is 12.3. The number of hydrogen-bond donors (Lipinski definition) is 0. The van der Waals surface area contributed by atoms with Gasteiger partial charge < -0.3 is 14.1 Å². The van der Waals surface area contributed by atoms with Gasteiger partial charge in [0.15, 0.2) is 9.04 Å². The molecule has 2 amide bonds. The van der Waals surface area contributed by atoms with E-state index >= 15 is 0 Å². The number of hydrogen-bond acceptors (Lipinski definition) is 5. The second-order valence-electron chi connectivity index (χ2n) is 9.91. The van der Waals surface area contributed by atoms with Crippen LogP contribution in [0.15, 0.2) is 0 Å². The Kier molecular flexibility index (Phi) is 6.64. The summed E-state index contributed by atoms with van der Waals surface area (Å²) >= 11 is 1.74. The molecule has 0 spiro atoms. The molecule has 0 aromatic carbocycles. The zero-order valence-corrected chi connectivity index (χ0v) is 20.1. The maximum Gasteiger partial charge on any atom is 0.412 e. The van der Waals surface area contributed by atoms with Gasteiger partial charge in [0, 0.05) is 25.3 Å². The van der Waals surface area contributed by atoms with Gasteiger partial charge in [-0.05, 0) is 45.2 Å². The van der Waals surface area contributed by atoms with Crippen molar-refractivity contribution in [1.29, 1.82) is 0 Å². The van der Waals surface area contributed by atoms with E-state index in [2.05, 4.69) is 20.8 Å². The van der Waals surface area contributed by atoms with E-state index in [0.717, 1.165) is 5.75 Å². The fourth-order valence-corrected chi connectivity index (χ4v) is 5.62. The molecule has 27 heavy (non-hydrogen) atoms. The normalized spacial score (nSPS) is 26.8. The first-order valence-corrected chi connectivity index (χ1v) is 13.8. The minimum absolute atomic E-state index is 0.0378. The predicted octanol–water partition coefficient (Wildman–Crippen LogP) is 3.52. The lowest BCUT2D eigenvalue weighted by molar-refractivity contribution is -0.161. The van der Waals surface area contributed by atoms with Crippen LogP contribution in [0.4, 0.5) is 4.79 Å². The van der Waals surface area contributed by atoms with Crippen molar-refractivity contribution in [1.82, 2.24) is 9.80 Å². The first-order valence-electron chi connectivity index (χ1n) is 9.82. The van der Waals surface area contributed by atoms with Gasteiger partial charge in [0.25, 0.3) is 5.91 Å². The van der Waals surface area contributed by atoms with E-state index < -0.39 is 26.5 Å². The van der Waals surface area contributed by atoms with E-state index in [1.165, 1.54) is 0 Å². The van der Waals surface area contributed by atoms with Crippen LogP contribution >= 0.6 is 11.8 Å². The van der Waals surface area contributed by atoms with Crippen LogP contribution in [0.3, 0.4) is 0 Å². The summed E-state index contributed by atoms with van der Waals surface area (Å²) in [5, 5.41) is 0. The van der Waals surface area contributed by atoms with E-state index in [-0.39, 0.29) is 17.2 Å². The molecule has 0 bridgehead atoms. The van der Waals surface area contributed by atoms with Crippen LogP contribution in [0.25, 0.3) is 0 Å². The lowest BCUT2D eigenvalue weighted by Gasteiger charge is -2.40. The summed E-state index contributed by atoms with van der Waals surface area (Å²) in [6, 6.07) is 0. The van der Waals surface area contributed by atoms with Crippen LogP contribution in [0.2, 0.25) is 13.1 Å². The highest BCUT2D eigenvalue weighted by Crippen LogP contribution is 2.45. The van der Waals surface area contributed by atoms with Crippen LogP contribution < -0.4 is 0 Å². The minimum atomic E-state index is -1.61. The van der Waals surface area contributed by atoms with Gasteiger partial charge >= 0.3 is 6.09 Å². The zero-order valence-electron chi connectivity index (χ0n) is 18.1. The van der Waals surface area contributed by atoms with Gasteiger partial charge in [-0.2, -0.15) is 0 Å². The third-order valence-corrected chi connectivity index (χ3v) is 6.83. The Morgan fingerprint density at radius 3 is 2.22 bits per heavy atom. The molecule has 6 nitrogen and oxygen atoms in total. The molecule has 0 aromatic rings. The molecule has 2 atom stereocenters. The average Bonchev–Trinajstić information content (AvgIpc) is 3.11. The molecule has 2 aliphatic heterocycles. The number of rotatable bonds is 3. The average molecular weight is 417 g/mol. The van der Waals surface area contributed by atoms with Crippen molar-refractivity contribution in [2.24, 2.45) is 11.3 Å². The quantitative estimate of drug-likeness (QED) is 0.659. The van der Waals surface area contributed by atoms with E-state index in [1.807, 2.05) is 38.8 Å². The molecule has 8 heteroatoms. The third-order valence-electron chi connectivity index (χ3n) is 5.01. The Bertz CT molecular complexity index is 567. The number of nitrogens with zero attached hydrogens (tertiary/aromatic N) is 2. The SMILES string of the molecule is C[SiH](C)O[C@]1(C(=O)N2CCSC2)C[C@@H](C(C)(C)C)CN1C(=O)OC(C)(C)C. The molecule has 0 aliphatic carbocycles. The number of thioether (sulfide) groups is 1. The summed E-state index contributed by atoms with van der Waals surface area (Å²) in [5.74, 6) is 1.67. The smallest absolute Gasteiger partial charge is 0.412 e. The standard InChI is InChI=1S/C19H36N2O4SSi/c1-17(2,3)14-11-19(25-27(7)8,15(22)20-9-10-26-13-20)21(12-14)16(23)24-18(4,5)6/h14,27H,9-13H2,1-8H3/t14-,19+/m1/s1. The summed E-state index contributed by atoms with van der Waals surface area (Å²) in [4.78, 5) is 30.2. The van der Waals surface area contributed by atoms with Crippen molar-refractivity contribution in [3.63, 3.8) is 0 Å². The molecule has 156 valence electrons. The van der Waals surface area contributed by atoms with Gasteiger partial charge in [0.2, 0.25) is 5.72 Å². The minimum Gasteiger partial charge on any atom is -0.444 e. The number of amides is 2. The molecule has 0 aromatic heterocycles. The van der Waals surface area contributed by atoms with Gasteiger partial charge in [-0.3, -0.25) is 9.69 Å². The number of ether oxygens (including phenoxy) is 1. The van der Waals surface area contributed by atoms with Gasteiger partial charge in [0.1, 0.15) is 5.60 Å². The van der Waals surface area contributed by atoms with Crippen molar-refractivity contribution >= 4 is 32.8 Å². The van der Waals surface area contributed by atoms with Crippen molar-refractivity contribution < 1.29 is 18.8 Å². The van der Waals surface area contributed by atoms with Crippen molar-refractivity contribution in [3.05, 3.63) is 0 Å². The highest BCUT2D eigenvalue weighted by atomic mass is 32.2. The molecule has 2 saturated heterocycles. The molecular formula is C19H36N2O4SSi. The van der Waals surface area contributed by atoms with E-state index in [1.54, 1.807) is 16.7 Å². The van der Waals surface area contributed by atoms with Crippen molar-refractivity contribution in [2.45, 2.75) is 72.4 Å². The number of carbonyl (C=O) groups excluding carboxylic acids is 2. The van der Waals surface area contributed by atoms with Gasteiger partial charge in [0.05, 0.1) is 5.88 Å². The van der Waals surface area contributed by atoms with E-state index in [0.29, 0.717) is 25.4 Å². The maximum absolute atomic E-state index is 13.6. The van der Waals surface area contributed by atoms with Crippen LogP contribution in [-0.2, 0) is 14.0 Å². The third kappa shape index (κ3) is 5.20. The summed E-state index contributed by atoms with van der Waals surface area (Å²) in [5.41, 5.74) is -1.89. The molecule has 2 fully saturated rings. The Hall–Kier alpha value is -0.733. The zero-order chi connectivity index (χ0) is 20.6. The largest absolute Gasteiger partial charge is 0.444 e. The van der Waals surface area contributed by atoms with E-state index in [4.69, 9.17) is 9.16 Å². The Balaban J connectivity index is 2.45. The van der Waals surface area contributed by atoms with Crippen LogP contribution in [0.1, 0.15) is 48.0 Å². The van der Waals surface area contributed by atoms with Gasteiger partial charge in [-0.15, -0.1) is 11.8 Å². The number of carbonyl (C=O) groups is 2. The first kappa shape index (κ1) is 22.6. The fourth-order valence-electron chi connectivity index (χ4n) is 3.57. The molecule has 2 rings (SSSR count).